The highest BCUT2D eigenvalue weighted by molar-refractivity contribution is 7.90. The number of hydrogen-bond acceptors (Lipinski definition) is 9. The number of halogens is 3. The Bertz CT molecular complexity index is 1710. The molecule has 196 valence electrons. The molecule has 2 N–H and O–H groups in total. The Labute approximate surface area is 214 Å². The number of esters is 1. The molecule has 2 heterocycles. The van der Waals surface area contributed by atoms with Crippen molar-refractivity contribution in [1.82, 2.24) is 14.4 Å². The van der Waals surface area contributed by atoms with Gasteiger partial charge in [0.1, 0.15) is 11.4 Å². The number of aromatic nitrogens is 3. The number of ether oxygens (including phenoxy) is 2. The largest absolute Gasteiger partial charge is 0.491 e. The van der Waals surface area contributed by atoms with Crippen LogP contribution >= 0.6 is 0 Å². The summed E-state index contributed by atoms with van der Waals surface area (Å²) in [5, 5.41) is 9.08. The monoisotopic (exact) mass is 545 g/mol. The molecule has 0 radical (unpaired) electrons. The van der Waals surface area contributed by atoms with Crippen LogP contribution in [0.1, 0.15) is 5.56 Å². The van der Waals surface area contributed by atoms with Gasteiger partial charge in [-0.25, -0.2) is 23.2 Å². The molecule has 2 aromatic heterocycles. The standard InChI is InChI=1S/C24H18F3N5O5S/c1-13-17(9-16(10-18(13)29)38(2,34)35)21-22-30-6-7-32(22)12-19(31-21)14-4-3-5-15(8-14)36-20(11-28)37-23(33)24(25,26)27/h3-10,12,20H,29H2,1-2H3. The second-order valence-corrected chi connectivity index (χ2v) is 10.1. The van der Waals surface area contributed by atoms with Crippen LogP contribution in [0.25, 0.3) is 28.2 Å². The fraction of sp³-hybridized carbons (Fsp3) is 0.167. The molecular formula is C24H18F3N5O5S. The second-order valence-electron chi connectivity index (χ2n) is 8.10. The molecule has 0 fully saturated rings. The molecule has 0 spiro atoms. The number of nitrogens with two attached hydrogens (primary N) is 1. The van der Waals surface area contributed by atoms with Crippen molar-refractivity contribution >= 4 is 27.1 Å². The topological polar surface area (TPSA) is 150 Å². The number of alkyl halides is 3. The summed E-state index contributed by atoms with van der Waals surface area (Å²) in [5.74, 6) is -2.64. The van der Waals surface area contributed by atoms with E-state index in [1.54, 1.807) is 29.8 Å². The van der Waals surface area contributed by atoms with Crippen LogP contribution in [-0.4, -0.2) is 47.5 Å². The predicted octanol–water partition coefficient (Wildman–Crippen LogP) is 3.69. The lowest BCUT2D eigenvalue weighted by Gasteiger charge is -2.15. The van der Waals surface area contributed by atoms with Crippen molar-refractivity contribution in [3.8, 4) is 34.3 Å². The van der Waals surface area contributed by atoms with Gasteiger partial charge in [-0.2, -0.15) is 18.4 Å². The smallest absolute Gasteiger partial charge is 0.443 e. The van der Waals surface area contributed by atoms with Gasteiger partial charge in [-0.15, -0.1) is 0 Å². The molecule has 0 saturated carbocycles. The van der Waals surface area contributed by atoms with Crippen LogP contribution in [0.3, 0.4) is 0 Å². The van der Waals surface area contributed by atoms with E-state index in [0.29, 0.717) is 33.7 Å². The van der Waals surface area contributed by atoms with Crippen LogP contribution in [0.5, 0.6) is 5.75 Å². The van der Waals surface area contributed by atoms with Crippen molar-refractivity contribution in [2.24, 2.45) is 0 Å². The van der Waals surface area contributed by atoms with Crippen LogP contribution in [0.2, 0.25) is 0 Å². The van der Waals surface area contributed by atoms with Gasteiger partial charge < -0.3 is 19.6 Å². The van der Waals surface area contributed by atoms with Crippen LogP contribution in [-0.2, 0) is 19.4 Å². The summed E-state index contributed by atoms with van der Waals surface area (Å²) in [6.07, 6.45) is -1.60. The predicted molar refractivity (Wildman–Crippen MR) is 128 cm³/mol. The average molecular weight is 545 g/mol. The van der Waals surface area contributed by atoms with Crippen LogP contribution in [0, 0.1) is 18.3 Å². The Morgan fingerprint density at radius 1 is 1.24 bits per heavy atom. The van der Waals surface area contributed by atoms with Crippen molar-refractivity contribution in [2.75, 3.05) is 12.0 Å². The zero-order valence-electron chi connectivity index (χ0n) is 19.7. The van der Waals surface area contributed by atoms with Gasteiger partial charge in [-0.05, 0) is 36.8 Å². The highest BCUT2D eigenvalue weighted by Crippen LogP contribution is 2.34. The molecule has 4 aromatic rings. The Morgan fingerprint density at radius 2 is 1.97 bits per heavy atom. The fourth-order valence-corrected chi connectivity index (χ4v) is 4.19. The van der Waals surface area contributed by atoms with Gasteiger partial charge in [0.05, 0.1) is 10.6 Å². The maximum Gasteiger partial charge on any atom is 0.491 e. The molecule has 4 rings (SSSR count). The third kappa shape index (κ3) is 5.37. The molecule has 1 atom stereocenters. The zero-order valence-corrected chi connectivity index (χ0v) is 20.5. The number of fused-ring (bicyclic) bond motifs is 1. The summed E-state index contributed by atoms with van der Waals surface area (Å²) in [5.41, 5.74) is 8.85. The number of nitrogen functional groups attached to an aromatic ring is 1. The summed E-state index contributed by atoms with van der Waals surface area (Å²) < 4.78 is 72.8. The van der Waals surface area contributed by atoms with Gasteiger partial charge in [-0.3, -0.25) is 0 Å². The van der Waals surface area contributed by atoms with E-state index in [1.165, 1.54) is 42.6 Å². The van der Waals surface area contributed by atoms with E-state index >= 15 is 0 Å². The minimum absolute atomic E-state index is 0.00106. The lowest BCUT2D eigenvalue weighted by Crippen LogP contribution is -2.32. The highest BCUT2D eigenvalue weighted by atomic mass is 32.2. The number of benzene rings is 2. The highest BCUT2D eigenvalue weighted by Gasteiger charge is 2.42. The lowest BCUT2D eigenvalue weighted by molar-refractivity contribution is -0.211. The van der Waals surface area contributed by atoms with E-state index in [4.69, 9.17) is 15.7 Å². The number of anilines is 1. The Morgan fingerprint density at radius 3 is 2.63 bits per heavy atom. The number of carbonyl (C=O) groups excluding carboxylic acids is 1. The third-order valence-corrected chi connectivity index (χ3v) is 6.49. The van der Waals surface area contributed by atoms with Crippen LogP contribution < -0.4 is 10.5 Å². The molecule has 38 heavy (non-hydrogen) atoms. The number of nitriles is 1. The summed E-state index contributed by atoms with van der Waals surface area (Å²) in [6, 6.07) is 10.0. The minimum Gasteiger partial charge on any atom is -0.443 e. The van der Waals surface area contributed by atoms with Crippen molar-refractivity contribution in [3.63, 3.8) is 0 Å². The molecule has 0 aliphatic rings. The van der Waals surface area contributed by atoms with Crippen LogP contribution in [0.15, 0.2) is 59.9 Å². The van der Waals surface area contributed by atoms with Gasteiger partial charge in [0.2, 0.25) is 0 Å². The van der Waals surface area contributed by atoms with Crippen LogP contribution in [0.4, 0.5) is 18.9 Å². The first-order valence-corrected chi connectivity index (χ1v) is 12.6. The number of carbonyl (C=O) groups is 1. The molecule has 1 unspecified atom stereocenters. The number of hydrogen-bond donors (Lipinski definition) is 1. The fourth-order valence-electron chi connectivity index (χ4n) is 3.51. The molecule has 0 amide bonds. The van der Waals surface area contributed by atoms with E-state index in [2.05, 4.69) is 14.7 Å². The molecule has 0 saturated heterocycles. The minimum atomic E-state index is -5.29. The normalized spacial score (nSPS) is 12.6. The van der Waals surface area contributed by atoms with E-state index < -0.39 is 28.3 Å². The Balaban J connectivity index is 1.78. The first-order chi connectivity index (χ1) is 17.8. The van der Waals surface area contributed by atoms with Crippen molar-refractivity contribution < 1.29 is 35.9 Å². The first kappa shape index (κ1) is 26.4. The Kier molecular flexibility index (Phi) is 6.73. The number of imidazole rings is 1. The summed E-state index contributed by atoms with van der Waals surface area (Å²) in [7, 11) is -3.60. The summed E-state index contributed by atoms with van der Waals surface area (Å²) in [4.78, 5) is 20.1. The molecule has 0 bridgehead atoms. The van der Waals surface area contributed by atoms with E-state index in [-0.39, 0.29) is 16.3 Å². The van der Waals surface area contributed by atoms with Gasteiger partial charge in [0, 0.05) is 41.7 Å². The molecule has 14 heteroatoms. The summed E-state index contributed by atoms with van der Waals surface area (Å²) in [6.45, 7) is 1.71. The summed E-state index contributed by atoms with van der Waals surface area (Å²) >= 11 is 0. The van der Waals surface area contributed by atoms with Crippen molar-refractivity contribution in [1.29, 1.82) is 5.26 Å². The molecule has 10 nitrogen and oxygen atoms in total. The molecule has 0 aliphatic carbocycles. The maximum absolute atomic E-state index is 12.5. The van der Waals surface area contributed by atoms with E-state index in [0.717, 1.165) is 6.26 Å². The second kappa shape index (κ2) is 9.67. The van der Waals surface area contributed by atoms with Gasteiger partial charge in [0.25, 0.3) is 0 Å². The quantitative estimate of drug-likeness (QED) is 0.217. The number of nitrogens with zero attached hydrogens (tertiary/aromatic N) is 4. The molecular weight excluding hydrogens is 527 g/mol. The van der Waals surface area contributed by atoms with E-state index in [1.807, 2.05) is 0 Å². The van der Waals surface area contributed by atoms with Crippen molar-refractivity contribution in [3.05, 3.63) is 60.6 Å². The first-order valence-electron chi connectivity index (χ1n) is 10.7. The van der Waals surface area contributed by atoms with Crippen molar-refractivity contribution in [2.45, 2.75) is 24.3 Å². The lowest BCUT2D eigenvalue weighted by atomic mass is 10.0. The van der Waals surface area contributed by atoms with E-state index in [9.17, 15) is 26.4 Å². The molecule has 2 aromatic carbocycles. The zero-order chi connectivity index (χ0) is 27.8. The number of sulfone groups is 1. The van der Waals surface area contributed by atoms with Gasteiger partial charge in [0.15, 0.2) is 21.6 Å². The van der Waals surface area contributed by atoms with Gasteiger partial charge in [-0.1, -0.05) is 12.1 Å². The SMILES string of the molecule is Cc1c(N)cc(S(C)(=O)=O)cc1-c1nc(-c2cccc(OC(C#N)OC(=O)C(F)(F)F)c2)cn2ccnc12. The Hall–Kier alpha value is -4.64. The number of rotatable bonds is 6. The van der Waals surface area contributed by atoms with Gasteiger partial charge >= 0.3 is 18.4 Å². The maximum atomic E-state index is 12.5. The average Bonchev–Trinajstić information content (AvgIpc) is 3.32. The third-order valence-electron chi connectivity index (χ3n) is 5.40. The molecule has 0 aliphatic heterocycles.